The van der Waals surface area contributed by atoms with Crippen molar-refractivity contribution in [2.24, 2.45) is 0 Å². The van der Waals surface area contributed by atoms with Crippen LogP contribution in [-0.4, -0.2) is 15.0 Å². The zero-order valence-corrected chi connectivity index (χ0v) is 18.4. The number of amides is 1. The van der Waals surface area contributed by atoms with Gasteiger partial charge in [0.2, 0.25) is 5.91 Å². The van der Waals surface area contributed by atoms with Crippen molar-refractivity contribution in [1.82, 2.24) is 9.13 Å². The van der Waals surface area contributed by atoms with Crippen molar-refractivity contribution in [1.29, 1.82) is 0 Å². The molecule has 1 amide bonds. The van der Waals surface area contributed by atoms with Gasteiger partial charge in [-0.25, -0.2) is 4.79 Å². The first kappa shape index (κ1) is 21.1. The fourth-order valence-corrected chi connectivity index (χ4v) is 4.43. The molecule has 8 heteroatoms. The molecule has 6 nitrogen and oxygen atoms in total. The zero-order chi connectivity index (χ0) is 22.0. The number of carbonyl (C=O) groups is 1. The van der Waals surface area contributed by atoms with Crippen molar-refractivity contribution in [3.8, 4) is 0 Å². The van der Waals surface area contributed by atoms with Gasteiger partial charge < -0.3 is 5.32 Å². The van der Waals surface area contributed by atoms with Gasteiger partial charge in [0.25, 0.3) is 5.56 Å². The number of nitrogens with one attached hydrogen (secondary N) is 1. The summed E-state index contributed by atoms with van der Waals surface area (Å²) in [5.41, 5.74) is 1.01. The first-order valence-corrected chi connectivity index (χ1v) is 11.0. The molecule has 0 spiro atoms. The van der Waals surface area contributed by atoms with Crippen molar-refractivity contribution in [3.05, 3.63) is 96.3 Å². The van der Waals surface area contributed by atoms with E-state index in [0.29, 0.717) is 28.0 Å². The molecule has 0 saturated carbocycles. The lowest BCUT2D eigenvalue weighted by atomic mass is 10.2. The molecule has 0 aliphatic rings. The Kier molecular flexibility index (Phi) is 6.06. The number of aryl methyl sites for hydroxylation is 2. The number of hydrogen-bond acceptors (Lipinski definition) is 4. The molecule has 0 fully saturated rings. The van der Waals surface area contributed by atoms with E-state index in [1.165, 1.54) is 9.13 Å². The van der Waals surface area contributed by atoms with Crippen LogP contribution in [0.3, 0.4) is 0 Å². The highest BCUT2D eigenvalue weighted by Crippen LogP contribution is 2.22. The van der Waals surface area contributed by atoms with Gasteiger partial charge in [-0.1, -0.05) is 35.9 Å². The number of anilines is 1. The van der Waals surface area contributed by atoms with Crippen LogP contribution in [0.1, 0.15) is 10.4 Å². The van der Waals surface area contributed by atoms with Gasteiger partial charge >= 0.3 is 5.69 Å². The third kappa shape index (κ3) is 4.47. The van der Waals surface area contributed by atoms with E-state index < -0.39 is 11.6 Å². The highest BCUT2D eigenvalue weighted by Gasteiger charge is 2.16. The summed E-state index contributed by atoms with van der Waals surface area (Å²) < 4.78 is 2.54. The van der Waals surface area contributed by atoms with E-state index in [0.717, 1.165) is 10.4 Å². The quantitative estimate of drug-likeness (QED) is 0.478. The van der Waals surface area contributed by atoms with E-state index in [-0.39, 0.29) is 18.6 Å². The molecule has 0 unspecified atom stereocenters. The first-order chi connectivity index (χ1) is 14.9. The summed E-state index contributed by atoms with van der Waals surface area (Å²) in [6.07, 6.45) is 0.566. The van der Waals surface area contributed by atoms with E-state index in [1.54, 1.807) is 47.7 Å². The Morgan fingerprint density at radius 2 is 1.87 bits per heavy atom. The number of nitrogens with zero attached hydrogens (tertiary/aromatic N) is 2. The molecule has 0 saturated heterocycles. The second-order valence-corrected chi connectivity index (χ2v) is 8.64. The minimum absolute atomic E-state index is 0.233. The van der Waals surface area contributed by atoms with Crippen LogP contribution in [0.2, 0.25) is 5.02 Å². The highest BCUT2D eigenvalue weighted by molar-refractivity contribution is 7.09. The molecule has 4 aromatic rings. The van der Waals surface area contributed by atoms with Crippen LogP contribution in [0.5, 0.6) is 0 Å². The molecule has 0 bridgehead atoms. The van der Waals surface area contributed by atoms with E-state index in [9.17, 15) is 14.4 Å². The van der Waals surface area contributed by atoms with Gasteiger partial charge in [-0.05, 0) is 54.6 Å². The summed E-state index contributed by atoms with van der Waals surface area (Å²) in [7, 11) is 0. The van der Waals surface area contributed by atoms with Gasteiger partial charge in [-0.3, -0.25) is 18.7 Å². The van der Waals surface area contributed by atoms with Crippen molar-refractivity contribution in [3.63, 3.8) is 0 Å². The Balaban J connectivity index is 1.69. The summed E-state index contributed by atoms with van der Waals surface area (Å²) >= 11 is 7.79. The maximum atomic E-state index is 13.2. The maximum Gasteiger partial charge on any atom is 0.331 e. The third-order valence-corrected chi connectivity index (χ3v) is 6.24. The number of fused-ring (bicyclic) bond motifs is 1. The predicted octanol–water partition coefficient (Wildman–Crippen LogP) is 4.07. The second kappa shape index (κ2) is 8.91. The number of para-hydroxylation sites is 1. The van der Waals surface area contributed by atoms with Crippen molar-refractivity contribution >= 4 is 45.4 Å². The van der Waals surface area contributed by atoms with Crippen LogP contribution in [-0.2, 0) is 24.3 Å². The topological polar surface area (TPSA) is 73.1 Å². The largest absolute Gasteiger partial charge is 0.331 e. The number of halogens is 1. The molecule has 2 aromatic heterocycles. The van der Waals surface area contributed by atoms with Crippen LogP contribution < -0.4 is 16.6 Å². The van der Waals surface area contributed by atoms with E-state index in [4.69, 9.17) is 11.6 Å². The van der Waals surface area contributed by atoms with E-state index in [2.05, 4.69) is 5.32 Å². The van der Waals surface area contributed by atoms with E-state index in [1.807, 2.05) is 30.5 Å². The maximum absolute atomic E-state index is 13.2. The van der Waals surface area contributed by atoms with Crippen molar-refractivity contribution in [2.45, 2.75) is 26.4 Å². The molecule has 1 N–H and O–H groups in total. The fraction of sp³-hybridized carbons (Fsp3) is 0.174. The average molecular weight is 454 g/mol. The van der Waals surface area contributed by atoms with Gasteiger partial charge in [0, 0.05) is 11.4 Å². The Hall–Kier alpha value is -3.16. The highest BCUT2D eigenvalue weighted by atomic mass is 35.5. The van der Waals surface area contributed by atoms with Crippen molar-refractivity contribution < 1.29 is 4.79 Å². The molecular weight excluding hydrogens is 434 g/mol. The number of hydrogen-bond donors (Lipinski definition) is 1. The molecule has 0 radical (unpaired) electrons. The molecule has 2 heterocycles. The second-order valence-electron chi connectivity index (χ2n) is 7.20. The summed E-state index contributed by atoms with van der Waals surface area (Å²) in [5.74, 6) is -0.401. The number of carbonyl (C=O) groups excluding carboxylic acids is 1. The minimum atomic E-state index is -0.509. The molecular formula is C23H20ClN3O3S. The first-order valence-electron chi connectivity index (χ1n) is 9.75. The Morgan fingerprint density at radius 3 is 2.61 bits per heavy atom. The normalized spacial score (nSPS) is 11.0. The number of rotatable bonds is 6. The summed E-state index contributed by atoms with van der Waals surface area (Å²) in [5, 5.41) is 5.53. The van der Waals surface area contributed by atoms with Crippen LogP contribution in [0.4, 0.5) is 5.69 Å². The molecule has 158 valence electrons. The molecule has 31 heavy (non-hydrogen) atoms. The summed E-state index contributed by atoms with van der Waals surface area (Å²) in [4.78, 5) is 40.0. The summed E-state index contributed by atoms with van der Waals surface area (Å²) in [6, 6.07) is 16.0. The number of aromatic nitrogens is 2. The Labute approximate surface area is 187 Å². The summed E-state index contributed by atoms with van der Waals surface area (Å²) in [6.45, 7) is 1.92. The number of thiophene rings is 1. The van der Waals surface area contributed by atoms with Crippen LogP contribution in [0.25, 0.3) is 10.9 Å². The molecule has 2 aromatic carbocycles. The average Bonchev–Trinajstić information content (AvgIpc) is 3.27. The van der Waals surface area contributed by atoms with Gasteiger partial charge in [0.1, 0.15) is 6.54 Å². The molecule has 0 aliphatic carbocycles. The predicted molar refractivity (Wildman–Crippen MR) is 125 cm³/mol. The fourth-order valence-electron chi connectivity index (χ4n) is 3.45. The standard InChI is InChI=1S/C23H20ClN3O3S/c1-15-8-9-19(18(24)13-15)25-21(28)14-27-20-7-3-2-6-17(20)22(29)26(23(27)30)11-10-16-5-4-12-31-16/h2-9,12-13H,10-11,14H2,1H3,(H,25,28). The van der Waals surface area contributed by atoms with Crippen LogP contribution in [0.15, 0.2) is 69.6 Å². The Morgan fingerprint density at radius 1 is 1.06 bits per heavy atom. The monoisotopic (exact) mass is 453 g/mol. The molecule has 0 aliphatic heterocycles. The lowest BCUT2D eigenvalue weighted by molar-refractivity contribution is -0.116. The lowest BCUT2D eigenvalue weighted by Gasteiger charge is -2.14. The number of benzene rings is 2. The van der Waals surface area contributed by atoms with Gasteiger partial charge in [0.05, 0.1) is 21.6 Å². The zero-order valence-electron chi connectivity index (χ0n) is 16.8. The smallest absolute Gasteiger partial charge is 0.323 e. The van der Waals surface area contributed by atoms with Crippen LogP contribution >= 0.6 is 22.9 Å². The van der Waals surface area contributed by atoms with Gasteiger partial charge in [-0.15, -0.1) is 11.3 Å². The van der Waals surface area contributed by atoms with Gasteiger partial charge in [-0.2, -0.15) is 0 Å². The third-order valence-electron chi connectivity index (χ3n) is 4.99. The minimum Gasteiger partial charge on any atom is -0.323 e. The molecule has 4 rings (SSSR count). The SMILES string of the molecule is Cc1ccc(NC(=O)Cn2c(=O)n(CCc3cccs3)c(=O)c3ccccc32)c(Cl)c1. The van der Waals surface area contributed by atoms with Crippen LogP contribution in [0, 0.1) is 6.92 Å². The van der Waals surface area contributed by atoms with Gasteiger partial charge in [0.15, 0.2) is 0 Å². The Bertz CT molecular complexity index is 1370. The molecule has 0 atom stereocenters. The van der Waals surface area contributed by atoms with Crippen molar-refractivity contribution in [2.75, 3.05) is 5.32 Å². The van der Waals surface area contributed by atoms with E-state index >= 15 is 0 Å². The lowest BCUT2D eigenvalue weighted by Crippen LogP contribution is -2.42.